The number of anilines is 1. The van der Waals surface area contributed by atoms with Crippen molar-refractivity contribution in [2.24, 2.45) is 5.41 Å². The summed E-state index contributed by atoms with van der Waals surface area (Å²) in [5, 5.41) is 0. The number of aryl methyl sites for hydroxylation is 2. The first kappa shape index (κ1) is 34.4. The minimum atomic E-state index is -4.22. The molecule has 1 fully saturated rings. The van der Waals surface area contributed by atoms with Gasteiger partial charge in [0.2, 0.25) is 11.8 Å². The van der Waals surface area contributed by atoms with Crippen molar-refractivity contribution in [2.75, 3.05) is 24.5 Å². The van der Waals surface area contributed by atoms with Crippen LogP contribution in [0.4, 0.5) is 10.3 Å². The molecule has 4 aromatic rings. The lowest BCUT2D eigenvalue weighted by atomic mass is 9.87. The Balaban J connectivity index is 1.45. The van der Waals surface area contributed by atoms with Crippen molar-refractivity contribution >= 4 is 21.9 Å². The number of halogens is 1. The first-order chi connectivity index (χ1) is 23.3. The van der Waals surface area contributed by atoms with Gasteiger partial charge in [0.15, 0.2) is 0 Å². The fourth-order valence-corrected chi connectivity index (χ4v) is 7.55. The molecule has 2 aliphatic rings. The van der Waals surface area contributed by atoms with Crippen LogP contribution in [0.2, 0.25) is 0 Å². The fraction of sp³-hybridized carbons (Fsp3) is 0.405. The van der Waals surface area contributed by atoms with Gasteiger partial charge < -0.3 is 14.4 Å². The van der Waals surface area contributed by atoms with E-state index in [1.54, 1.807) is 18.3 Å². The minimum absolute atomic E-state index is 0.000124. The van der Waals surface area contributed by atoms with E-state index in [-0.39, 0.29) is 52.5 Å². The van der Waals surface area contributed by atoms with Crippen LogP contribution in [-0.2, 0) is 21.3 Å². The Hall–Kier alpha value is -4.42. The molecule has 10 nitrogen and oxygen atoms in total. The molecule has 0 spiro atoms. The Morgan fingerprint density at radius 2 is 1.71 bits per heavy atom. The topological polar surface area (TPSA) is 124 Å². The van der Waals surface area contributed by atoms with Gasteiger partial charge in [0.25, 0.3) is 15.9 Å². The predicted molar refractivity (Wildman–Crippen MR) is 184 cm³/mol. The Morgan fingerprint density at radius 1 is 1.00 bits per heavy atom. The molecule has 1 saturated heterocycles. The van der Waals surface area contributed by atoms with E-state index < -0.39 is 27.8 Å². The van der Waals surface area contributed by atoms with E-state index in [0.29, 0.717) is 25.3 Å². The average molecular weight is 688 g/mol. The lowest BCUT2D eigenvalue weighted by molar-refractivity contribution is 0.0506. The highest BCUT2D eigenvalue weighted by atomic mass is 32.2. The van der Waals surface area contributed by atoms with Crippen LogP contribution >= 0.6 is 0 Å². The molecule has 6 rings (SSSR count). The van der Waals surface area contributed by atoms with E-state index in [4.69, 9.17) is 9.47 Å². The van der Waals surface area contributed by atoms with Crippen molar-refractivity contribution in [1.29, 1.82) is 0 Å². The third kappa shape index (κ3) is 7.91. The van der Waals surface area contributed by atoms with Gasteiger partial charge in [0.1, 0.15) is 12.4 Å². The van der Waals surface area contributed by atoms with Crippen LogP contribution in [0, 0.1) is 25.1 Å². The van der Waals surface area contributed by atoms with E-state index in [0.717, 1.165) is 35.1 Å². The smallest absolute Gasteiger partial charge is 0.264 e. The van der Waals surface area contributed by atoms with Crippen molar-refractivity contribution in [1.82, 2.24) is 19.9 Å². The van der Waals surface area contributed by atoms with E-state index in [9.17, 15) is 13.2 Å². The monoisotopic (exact) mass is 687 g/mol. The second kappa shape index (κ2) is 13.8. The van der Waals surface area contributed by atoms with Gasteiger partial charge in [-0.25, -0.2) is 22.5 Å². The SMILES string of the molecule is Cc1cccc(C)c1-c1cc2nc(n1)NS(=O)(=O)c1cccc(c1)C(=O)N(Cc1ncc(C3CCOCC3)cc1F)[C@H](CC(C)(C)C)CO2. The Labute approximate surface area is 287 Å². The van der Waals surface area contributed by atoms with Gasteiger partial charge in [0, 0.05) is 36.6 Å². The number of pyridine rings is 1. The molecule has 1 atom stereocenters. The Kier molecular flexibility index (Phi) is 9.72. The molecule has 0 unspecified atom stereocenters. The molecule has 258 valence electrons. The van der Waals surface area contributed by atoms with Crippen molar-refractivity contribution in [2.45, 2.75) is 77.3 Å². The number of ether oxygens (including phenoxy) is 2. The number of nitrogens with one attached hydrogen (secondary N) is 1. The predicted octanol–water partition coefficient (Wildman–Crippen LogP) is 6.83. The number of amides is 1. The van der Waals surface area contributed by atoms with Gasteiger partial charge in [-0.2, -0.15) is 4.98 Å². The molecule has 2 aromatic carbocycles. The van der Waals surface area contributed by atoms with Crippen molar-refractivity contribution in [3.05, 3.63) is 94.6 Å². The normalized spacial score (nSPS) is 18.4. The van der Waals surface area contributed by atoms with Gasteiger partial charge in [-0.15, -0.1) is 0 Å². The third-order valence-corrected chi connectivity index (χ3v) is 10.3. The summed E-state index contributed by atoms with van der Waals surface area (Å²) in [5.74, 6) is -0.852. The summed E-state index contributed by atoms with van der Waals surface area (Å²) in [6, 6.07) is 14.2. The van der Waals surface area contributed by atoms with Gasteiger partial charge in [-0.1, -0.05) is 45.0 Å². The molecule has 1 amide bonds. The Morgan fingerprint density at radius 3 is 2.41 bits per heavy atom. The molecular weight excluding hydrogens is 646 g/mol. The van der Waals surface area contributed by atoms with Crippen LogP contribution in [-0.4, -0.2) is 60.0 Å². The zero-order valence-corrected chi connectivity index (χ0v) is 29.3. The van der Waals surface area contributed by atoms with Crippen LogP contribution in [0.25, 0.3) is 11.3 Å². The number of fused-ring (bicyclic) bond motifs is 4. The number of rotatable bonds is 5. The number of hydrogen-bond acceptors (Lipinski definition) is 8. The molecular formula is C37H42FN5O5S. The number of carbonyl (C=O) groups is 1. The maximum absolute atomic E-state index is 15.8. The molecule has 4 bridgehead atoms. The summed E-state index contributed by atoms with van der Waals surface area (Å²) >= 11 is 0. The summed E-state index contributed by atoms with van der Waals surface area (Å²) in [4.78, 5) is 29.3. The number of carbonyl (C=O) groups excluding carboxylic acids is 1. The van der Waals surface area contributed by atoms with Gasteiger partial charge in [0.05, 0.1) is 28.9 Å². The van der Waals surface area contributed by atoms with Crippen molar-refractivity contribution in [3.63, 3.8) is 0 Å². The van der Waals surface area contributed by atoms with E-state index in [2.05, 4.69) is 40.4 Å². The summed E-state index contributed by atoms with van der Waals surface area (Å²) < 4.78 is 57.4. The number of nitrogens with zero attached hydrogens (tertiary/aromatic N) is 4. The molecule has 2 aliphatic heterocycles. The van der Waals surface area contributed by atoms with Crippen molar-refractivity contribution < 1.29 is 27.1 Å². The van der Waals surface area contributed by atoms with Crippen LogP contribution in [0.3, 0.4) is 0 Å². The van der Waals surface area contributed by atoms with Gasteiger partial charge in [-0.05, 0) is 85.4 Å². The fourth-order valence-electron chi connectivity index (χ4n) is 6.56. The molecule has 1 N–H and O–H groups in total. The van der Waals surface area contributed by atoms with Crippen LogP contribution in [0.1, 0.15) is 78.7 Å². The maximum Gasteiger partial charge on any atom is 0.264 e. The van der Waals surface area contributed by atoms with E-state index in [1.807, 2.05) is 32.0 Å². The first-order valence-electron chi connectivity index (χ1n) is 16.5. The zero-order chi connectivity index (χ0) is 34.9. The standard InChI is InChI=1S/C37H42FN5O5S/c1-23-8-6-9-24(2)34(23)31-18-33-41-36(40-31)42-49(45,46)29-11-7-10-26(16-29)35(44)43(28(22-48-33)19-37(3,4)5)21-32-30(38)17-27(20-39-32)25-12-14-47-15-13-25/h6-11,16-18,20,25,28H,12-15,19,21-22H2,1-5H3,(H,40,41,42)/t28-/m1/s1. The molecule has 4 heterocycles. The largest absolute Gasteiger partial charge is 0.475 e. The molecule has 2 aromatic heterocycles. The summed E-state index contributed by atoms with van der Waals surface area (Å²) in [5.41, 5.74) is 3.98. The highest BCUT2D eigenvalue weighted by Gasteiger charge is 2.32. The summed E-state index contributed by atoms with van der Waals surface area (Å²) in [7, 11) is -4.22. The zero-order valence-electron chi connectivity index (χ0n) is 28.5. The van der Waals surface area contributed by atoms with E-state index in [1.165, 1.54) is 29.2 Å². The molecule has 0 radical (unpaired) electrons. The Bertz CT molecular complexity index is 1950. The van der Waals surface area contributed by atoms with Crippen LogP contribution in [0.15, 0.2) is 65.7 Å². The summed E-state index contributed by atoms with van der Waals surface area (Å²) in [6.07, 6.45) is 3.75. The van der Waals surface area contributed by atoms with Crippen LogP contribution < -0.4 is 9.46 Å². The second-order valence-electron chi connectivity index (χ2n) is 14.1. The average Bonchev–Trinajstić information content (AvgIpc) is 3.05. The van der Waals surface area contributed by atoms with Gasteiger partial charge in [-0.3, -0.25) is 9.78 Å². The molecule has 0 saturated carbocycles. The lowest BCUT2D eigenvalue weighted by Gasteiger charge is -2.35. The number of hydrogen-bond donors (Lipinski definition) is 1. The number of benzene rings is 2. The minimum Gasteiger partial charge on any atom is -0.475 e. The quantitative estimate of drug-likeness (QED) is 0.242. The second-order valence-corrected chi connectivity index (χ2v) is 15.7. The maximum atomic E-state index is 15.8. The number of aromatic nitrogens is 3. The van der Waals surface area contributed by atoms with Crippen molar-refractivity contribution in [3.8, 4) is 17.1 Å². The first-order valence-corrected chi connectivity index (χ1v) is 18.0. The van der Waals surface area contributed by atoms with E-state index >= 15 is 4.39 Å². The molecule has 12 heteroatoms. The number of sulfonamides is 1. The summed E-state index contributed by atoms with van der Waals surface area (Å²) in [6.45, 7) is 11.2. The lowest BCUT2D eigenvalue weighted by Crippen LogP contribution is -2.45. The molecule has 0 aliphatic carbocycles. The highest BCUT2D eigenvalue weighted by molar-refractivity contribution is 7.92. The highest BCUT2D eigenvalue weighted by Crippen LogP contribution is 2.33. The third-order valence-electron chi connectivity index (χ3n) is 8.98. The molecule has 49 heavy (non-hydrogen) atoms. The van der Waals surface area contributed by atoms with Crippen LogP contribution in [0.5, 0.6) is 5.88 Å². The van der Waals surface area contributed by atoms with Gasteiger partial charge >= 0.3 is 0 Å².